The fraction of sp³-hybridized carbons (Fsp3) is 0.227. The molecule has 4 heteroatoms. The van der Waals surface area contributed by atoms with Crippen LogP contribution in [0.25, 0.3) is 6.08 Å². The van der Waals surface area contributed by atoms with Crippen LogP contribution in [0, 0.1) is 0 Å². The lowest BCUT2D eigenvalue weighted by Crippen LogP contribution is -2.27. The van der Waals surface area contributed by atoms with Gasteiger partial charge in [0.05, 0.1) is 13.2 Å². The second-order valence-corrected chi connectivity index (χ2v) is 5.88. The van der Waals surface area contributed by atoms with Gasteiger partial charge in [0.1, 0.15) is 6.61 Å². The van der Waals surface area contributed by atoms with Crippen molar-refractivity contribution in [3.8, 4) is 11.5 Å². The van der Waals surface area contributed by atoms with Gasteiger partial charge in [-0.2, -0.15) is 0 Å². The quantitative estimate of drug-likeness (QED) is 0.519. The van der Waals surface area contributed by atoms with E-state index in [1.54, 1.807) is 37.3 Å². The number of hydrogen-bond donors (Lipinski definition) is 0. The first kappa shape index (κ1) is 19.3. The van der Waals surface area contributed by atoms with Gasteiger partial charge in [-0.1, -0.05) is 49.1 Å². The van der Waals surface area contributed by atoms with Gasteiger partial charge < -0.3 is 14.4 Å². The normalized spacial score (nSPS) is 11.8. The summed E-state index contributed by atoms with van der Waals surface area (Å²) in [5, 5.41) is 0. The van der Waals surface area contributed by atoms with E-state index in [1.165, 1.54) is 0 Å². The van der Waals surface area contributed by atoms with Crippen molar-refractivity contribution in [3.63, 3.8) is 0 Å². The third kappa shape index (κ3) is 4.99. The summed E-state index contributed by atoms with van der Waals surface area (Å²) in [4.78, 5) is 14.2. The zero-order valence-electron chi connectivity index (χ0n) is 15.5. The number of likely N-dealkylation sites (N-methyl/N-ethyl adjacent to an activating group) is 1. The minimum absolute atomic E-state index is 0.00225. The van der Waals surface area contributed by atoms with Crippen molar-refractivity contribution < 1.29 is 14.3 Å². The second-order valence-electron chi connectivity index (χ2n) is 5.88. The molecule has 0 aromatic heterocycles. The molecule has 1 unspecified atom stereocenters. The smallest absolute Gasteiger partial charge is 0.246 e. The summed E-state index contributed by atoms with van der Waals surface area (Å²) < 4.78 is 10.9. The van der Waals surface area contributed by atoms with E-state index in [0.717, 1.165) is 11.1 Å². The molecule has 136 valence electrons. The Balaban J connectivity index is 2.08. The summed E-state index contributed by atoms with van der Waals surface area (Å²) in [5.41, 5.74) is 1.96. The average Bonchev–Trinajstić information content (AvgIpc) is 2.70. The highest BCUT2D eigenvalue weighted by Crippen LogP contribution is 2.28. The van der Waals surface area contributed by atoms with Gasteiger partial charge in [0.15, 0.2) is 11.5 Å². The monoisotopic (exact) mass is 351 g/mol. The topological polar surface area (TPSA) is 38.8 Å². The molecule has 0 radical (unpaired) electrons. The van der Waals surface area contributed by atoms with E-state index in [9.17, 15) is 4.79 Å². The number of methoxy groups -OCH3 is 1. The van der Waals surface area contributed by atoms with Crippen molar-refractivity contribution in [1.29, 1.82) is 0 Å². The van der Waals surface area contributed by atoms with Crippen molar-refractivity contribution in [2.75, 3.05) is 20.8 Å². The van der Waals surface area contributed by atoms with Gasteiger partial charge in [0, 0.05) is 13.1 Å². The molecule has 0 heterocycles. The number of benzene rings is 2. The Hall–Kier alpha value is -3.01. The van der Waals surface area contributed by atoms with E-state index in [-0.39, 0.29) is 11.9 Å². The average molecular weight is 351 g/mol. The Morgan fingerprint density at radius 3 is 2.58 bits per heavy atom. The van der Waals surface area contributed by atoms with Gasteiger partial charge in [-0.05, 0) is 36.3 Å². The molecule has 26 heavy (non-hydrogen) atoms. The Labute approximate surface area is 155 Å². The van der Waals surface area contributed by atoms with Crippen LogP contribution in [-0.4, -0.2) is 31.6 Å². The molecule has 0 spiro atoms. The van der Waals surface area contributed by atoms with Crippen LogP contribution in [0.4, 0.5) is 0 Å². The van der Waals surface area contributed by atoms with Gasteiger partial charge in [0.25, 0.3) is 0 Å². The zero-order chi connectivity index (χ0) is 18.9. The molecule has 1 atom stereocenters. The zero-order valence-corrected chi connectivity index (χ0v) is 15.5. The maximum atomic E-state index is 12.5. The molecule has 1 amide bonds. The number of hydrogen-bond acceptors (Lipinski definition) is 3. The van der Waals surface area contributed by atoms with E-state index >= 15 is 0 Å². The second kappa shape index (κ2) is 9.47. The minimum atomic E-state index is -0.0627. The van der Waals surface area contributed by atoms with Crippen LogP contribution in [0.15, 0.2) is 67.3 Å². The number of nitrogens with zero attached hydrogens (tertiary/aromatic N) is 1. The summed E-state index contributed by atoms with van der Waals surface area (Å²) >= 11 is 0. The molecule has 2 aromatic carbocycles. The van der Waals surface area contributed by atoms with Crippen LogP contribution < -0.4 is 9.47 Å². The van der Waals surface area contributed by atoms with Crippen LogP contribution in [0.1, 0.15) is 24.1 Å². The third-order valence-corrected chi connectivity index (χ3v) is 4.17. The maximum Gasteiger partial charge on any atom is 0.246 e. The highest BCUT2D eigenvalue weighted by Gasteiger charge is 2.15. The van der Waals surface area contributed by atoms with Gasteiger partial charge in [-0.25, -0.2) is 0 Å². The van der Waals surface area contributed by atoms with Gasteiger partial charge in [-0.15, -0.1) is 0 Å². The third-order valence-electron chi connectivity index (χ3n) is 4.17. The molecule has 4 nitrogen and oxygen atoms in total. The number of amides is 1. The van der Waals surface area contributed by atoms with Crippen LogP contribution in [0.5, 0.6) is 11.5 Å². The molecule has 0 bridgehead atoms. The summed E-state index contributed by atoms with van der Waals surface area (Å²) in [6.07, 6.45) is 5.02. The molecule has 0 fully saturated rings. The highest BCUT2D eigenvalue weighted by atomic mass is 16.5. The molecular formula is C22H25NO3. The molecular weight excluding hydrogens is 326 g/mol. The van der Waals surface area contributed by atoms with E-state index < -0.39 is 0 Å². The summed E-state index contributed by atoms with van der Waals surface area (Å²) in [6.45, 7) is 6.05. The predicted octanol–water partition coefficient (Wildman–Crippen LogP) is 4.49. The van der Waals surface area contributed by atoms with Crippen molar-refractivity contribution in [1.82, 2.24) is 4.90 Å². The highest BCUT2D eigenvalue weighted by molar-refractivity contribution is 5.92. The minimum Gasteiger partial charge on any atom is -0.493 e. The Kier molecular flexibility index (Phi) is 7.03. The Bertz CT molecular complexity index is 768. The lowest BCUT2D eigenvalue weighted by atomic mass is 10.1. The fourth-order valence-corrected chi connectivity index (χ4v) is 2.49. The van der Waals surface area contributed by atoms with Crippen LogP contribution in [0.2, 0.25) is 0 Å². The molecule has 0 aliphatic heterocycles. The predicted molar refractivity (Wildman–Crippen MR) is 105 cm³/mol. The van der Waals surface area contributed by atoms with Crippen LogP contribution in [0.3, 0.4) is 0 Å². The van der Waals surface area contributed by atoms with Crippen LogP contribution >= 0.6 is 0 Å². The lowest BCUT2D eigenvalue weighted by molar-refractivity contribution is -0.126. The molecule has 2 aromatic rings. The molecule has 0 aliphatic carbocycles. The van der Waals surface area contributed by atoms with Gasteiger partial charge in [-0.3, -0.25) is 4.79 Å². The summed E-state index contributed by atoms with van der Waals surface area (Å²) in [6, 6.07) is 15.5. The fourth-order valence-electron chi connectivity index (χ4n) is 2.49. The molecule has 2 rings (SSSR count). The first-order valence-electron chi connectivity index (χ1n) is 8.48. The van der Waals surface area contributed by atoms with E-state index in [1.807, 2.05) is 55.5 Å². The van der Waals surface area contributed by atoms with Crippen molar-refractivity contribution >= 4 is 12.0 Å². The lowest BCUT2D eigenvalue weighted by Gasteiger charge is -2.24. The SMILES string of the molecule is C=CCOc1ccc(/C=C/C(=O)N(C)C(C)c2ccccc2)cc1OC. The van der Waals surface area contributed by atoms with Crippen LogP contribution in [-0.2, 0) is 4.79 Å². The molecule has 0 aliphatic rings. The standard InChI is InChI=1S/C22H25NO3/c1-5-15-26-20-13-11-18(16-21(20)25-4)12-14-22(24)23(3)17(2)19-9-7-6-8-10-19/h5-14,16-17H,1,15H2,2-4H3/b14-12+. The van der Waals surface area contributed by atoms with Crippen molar-refractivity contribution in [3.05, 3.63) is 78.4 Å². The molecule has 0 saturated carbocycles. The largest absolute Gasteiger partial charge is 0.493 e. The van der Waals surface area contributed by atoms with E-state index in [4.69, 9.17) is 9.47 Å². The maximum absolute atomic E-state index is 12.5. The van der Waals surface area contributed by atoms with E-state index in [0.29, 0.717) is 18.1 Å². The number of carbonyl (C=O) groups is 1. The first-order chi connectivity index (χ1) is 12.6. The van der Waals surface area contributed by atoms with Gasteiger partial charge in [0.2, 0.25) is 5.91 Å². The summed E-state index contributed by atoms with van der Waals surface area (Å²) in [7, 11) is 3.39. The number of ether oxygens (including phenoxy) is 2. The summed E-state index contributed by atoms with van der Waals surface area (Å²) in [5.74, 6) is 1.20. The van der Waals surface area contributed by atoms with Gasteiger partial charge >= 0.3 is 0 Å². The van der Waals surface area contributed by atoms with Crippen molar-refractivity contribution in [2.45, 2.75) is 13.0 Å². The Morgan fingerprint density at radius 1 is 1.19 bits per heavy atom. The first-order valence-corrected chi connectivity index (χ1v) is 8.48. The molecule has 0 saturated heterocycles. The molecule has 0 N–H and O–H groups in total. The Morgan fingerprint density at radius 2 is 1.92 bits per heavy atom. The number of carbonyl (C=O) groups excluding carboxylic acids is 1. The van der Waals surface area contributed by atoms with Crippen molar-refractivity contribution in [2.24, 2.45) is 0 Å². The van der Waals surface area contributed by atoms with E-state index in [2.05, 4.69) is 6.58 Å². The number of rotatable bonds is 8.